The van der Waals surface area contributed by atoms with Gasteiger partial charge in [-0.1, -0.05) is 13.0 Å². The number of pyridine rings is 1. The number of fused-ring (bicyclic) bond motifs is 1. The number of hydrogen-bond acceptors (Lipinski definition) is 3. The molecule has 0 atom stereocenters. The lowest BCUT2D eigenvalue weighted by Gasteiger charge is -2.36. The Kier molecular flexibility index (Phi) is 2.18. The van der Waals surface area contributed by atoms with Crippen LogP contribution in [-0.4, -0.2) is 24.7 Å². The van der Waals surface area contributed by atoms with Crippen molar-refractivity contribution in [3.63, 3.8) is 0 Å². The number of nitrogens with one attached hydrogen (secondary N) is 1. The molecular formula is C13H18N2O. The van der Waals surface area contributed by atoms with E-state index in [4.69, 9.17) is 9.72 Å². The Hall–Kier alpha value is -1.09. The van der Waals surface area contributed by atoms with E-state index >= 15 is 0 Å². The Bertz CT molecular complexity index is 405. The highest BCUT2D eigenvalue weighted by Crippen LogP contribution is 2.48. The molecule has 3 fully saturated rings. The van der Waals surface area contributed by atoms with Gasteiger partial charge in [-0.3, -0.25) is 0 Å². The van der Waals surface area contributed by atoms with E-state index in [1.165, 1.54) is 24.1 Å². The average Bonchev–Trinajstić information content (AvgIpc) is 2.88. The molecule has 0 amide bonds. The Balaban J connectivity index is 1.96. The Morgan fingerprint density at radius 3 is 2.88 bits per heavy atom. The first-order valence-electron chi connectivity index (χ1n) is 6.05. The van der Waals surface area contributed by atoms with Gasteiger partial charge in [0.15, 0.2) is 0 Å². The van der Waals surface area contributed by atoms with Crippen LogP contribution in [-0.2, 0) is 11.8 Å². The lowest BCUT2D eigenvalue weighted by Crippen LogP contribution is -2.38. The van der Waals surface area contributed by atoms with Crippen molar-refractivity contribution in [3.8, 4) is 5.88 Å². The number of nitrogens with zero attached hydrogens (tertiary/aromatic N) is 1. The molecule has 1 aromatic heterocycles. The second-order valence-electron chi connectivity index (χ2n) is 4.98. The van der Waals surface area contributed by atoms with Crippen LogP contribution in [0, 0.1) is 0 Å². The van der Waals surface area contributed by atoms with Crippen LogP contribution in [0.2, 0.25) is 0 Å². The molecule has 1 saturated carbocycles. The van der Waals surface area contributed by atoms with Gasteiger partial charge in [0.1, 0.15) is 0 Å². The molecule has 0 unspecified atom stereocenters. The fraction of sp³-hybridized carbons (Fsp3) is 0.615. The quantitative estimate of drug-likeness (QED) is 0.837. The minimum absolute atomic E-state index is 0.310. The van der Waals surface area contributed by atoms with Gasteiger partial charge in [-0.15, -0.1) is 0 Å². The van der Waals surface area contributed by atoms with Crippen LogP contribution in [0.4, 0.5) is 0 Å². The highest BCUT2D eigenvalue weighted by molar-refractivity contribution is 5.35. The predicted molar refractivity (Wildman–Crippen MR) is 62.9 cm³/mol. The summed E-state index contributed by atoms with van der Waals surface area (Å²) in [4.78, 5) is 4.69. The predicted octanol–water partition coefficient (Wildman–Crippen LogP) is 1.66. The van der Waals surface area contributed by atoms with E-state index < -0.39 is 0 Å². The Labute approximate surface area is 96.2 Å². The summed E-state index contributed by atoms with van der Waals surface area (Å²) >= 11 is 0. The van der Waals surface area contributed by atoms with E-state index in [0.717, 1.165) is 24.9 Å². The summed E-state index contributed by atoms with van der Waals surface area (Å²) in [7, 11) is 1.71. The van der Waals surface area contributed by atoms with Gasteiger partial charge in [-0.05, 0) is 25.3 Å². The van der Waals surface area contributed by atoms with E-state index in [2.05, 4.69) is 24.4 Å². The van der Waals surface area contributed by atoms with E-state index in [1.54, 1.807) is 7.11 Å². The summed E-state index contributed by atoms with van der Waals surface area (Å²) in [6.45, 7) is 3.22. The summed E-state index contributed by atoms with van der Waals surface area (Å²) in [5, 5.41) is 3.52. The number of ether oxygens (including phenoxy) is 1. The van der Waals surface area contributed by atoms with Crippen LogP contribution >= 0.6 is 0 Å². The van der Waals surface area contributed by atoms with Gasteiger partial charge in [-0.2, -0.15) is 0 Å². The van der Waals surface area contributed by atoms with Crippen LogP contribution in [0.15, 0.2) is 12.1 Å². The summed E-state index contributed by atoms with van der Waals surface area (Å²) in [6.07, 6.45) is 3.47. The molecule has 3 heteroatoms. The molecule has 1 N–H and O–H groups in total. The molecule has 0 aromatic carbocycles. The summed E-state index contributed by atoms with van der Waals surface area (Å²) < 4.78 is 5.37. The standard InChI is InChI=1S/C13H18N2O/c1-3-9-4-5-11(15-12(9)16-2)13-6-10(7-13)14-8-13/h4-5,10,14H,3,6-8H2,1-2H3. The zero-order valence-electron chi connectivity index (χ0n) is 9.92. The molecule has 3 heterocycles. The number of aromatic nitrogens is 1. The summed E-state index contributed by atoms with van der Waals surface area (Å²) in [5.41, 5.74) is 2.72. The van der Waals surface area contributed by atoms with Gasteiger partial charge in [-0.25, -0.2) is 4.98 Å². The number of hydrogen-bond donors (Lipinski definition) is 1. The minimum atomic E-state index is 0.310. The van der Waals surface area contributed by atoms with E-state index in [-0.39, 0.29) is 0 Å². The van der Waals surface area contributed by atoms with Crippen LogP contribution in [0.3, 0.4) is 0 Å². The maximum atomic E-state index is 5.37. The van der Waals surface area contributed by atoms with Crippen molar-refractivity contribution in [2.24, 2.45) is 0 Å². The Morgan fingerprint density at radius 2 is 2.31 bits per heavy atom. The van der Waals surface area contributed by atoms with Crippen LogP contribution < -0.4 is 10.1 Å². The monoisotopic (exact) mass is 218 g/mol. The fourth-order valence-electron chi connectivity index (χ4n) is 3.02. The lowest BCUT2D eigenvalue weighted by molar-refractivity contribution is 0.292. The third-order valence-electron chi connectivity index (χ3n) is 4.06. The normalized spacial score (nSPS) is 31.2. The molecule has 2 aliphatic heterocycles. The highest BCUT2D eigenvalue weighted by atomic mass is 16.5. The van der Waals surface area contributed by atoms with Gasteiger partial charge in [0, 0.05) is 23.6 Å². The van der Waals surface area contributed by atoms with Gasteiger partial charge in [0.05, 0.1) is 12.8 Å². The Morgan fingerprint density at radius 1 is 1.50 bits per heavy atom. The highest BCUT2D eigenvalue weighted by Gasteiger charge is 2.52. The van der Waals surface area contributed by atoms with Gasteiger partial charge in [0.2, 0.25) is 5.88 Å². The molecule has 16 heavy (non-hydrogen) atoms. The molecule has 3 nitrogen and oxygen atoms in total. The van der Waals surface area contributed by atoms with Gasteiger partial charge >= 0.3 is 0 Å². The molecule has 0 radical (unpaired) electrons. The maximum Gasteiger partial charge on any atom is 0.216 e. The largest absolute Gasteiger partial charge is 0.481 e. The fourth-order valence-corrected chi connectivity index (χ4v) is 3.02. The van der Waals surface area contributed by atoms with Gasteiger partial charge < -0.3 is 10.1 Å². The van der Waals surface area contributed by atoms with Crippen molar-refractivity contribution in [3.05, 3.63) is 23.4 Å². The van der Waals surface area contributed by atoms with Crippen molar-refractivity contribution in [2.45, 2.75) is 37.6 Å². The zero-order chi connectivity index (χ0) is 11.2. The first-order chi connectivity index (χ1) is 7.77. The summed E-state index contributed by atoms with van der Waals surface area (Å²) in [6, 6.07) is 5.09. The maximum absolute atomic E-state index is 5.37. The second-order valence-corrected chi connectivity index (χ2v) is 4.98. The average molecular weight is 218 g/mol. The SMILES string of the molecule is CCc1ccc(C23CNC(C2)C3)nc1OC. The molecule has 3 aliphatic rings. The van der Waals surface area contributed by atoms with Gasteiger partial charge in [0.25, 0.3) is 0 Å². The molecule has 1 aliphatic carbocycles. The molecule has 2 saturated heterocycles. The molecule has 86 valence electrons. The van der Waals surface area contributed by atoms with E-state index in [0.29, 0.717) is 5.41 Å². The number of rotatable bonds is 3. The smallest absolute Gasteiger partial charge is 0.216 e. The summed E-state index contributed by atoms with van der Waals surface area (Å²) in [5.74, 6) is 0.810. The number of aryl methyl sites for hydroxylation is 1. The third kappa shape index (κ3) is 1.27. The van der Waals surface area contributed by atoms with Crippen molar-refractivity contribution in [1.82, 2.24) is 10.3 Å². The van der Waals surface area contributed by atoms with Crippen molar-refractivity contribution >= 4 is 0 Å². The molecule has 0 spiro atoms. The molecule has 4 rings (SSSR count). The minimum Gasteiger partial charge on any atom is -0.481 e. The second kappa shape index (κ2) is 3.45. The molecular weight excluding hydrogens is 200 g/mol. The van der Waals surface area contributed by atoms with Crippen LogP contribution in [0.5, 0.6) is 5.88 Å². The van der Waals surface area contributed by atoms with Crippen molar-refractivity contribution in [1.29, 1.82) is 0 Å². The first-order valence-corrected chi connectivity index (χ1v) is 6.05. The molecule has 1 aromatic rings. The van der Waals surface area contributed by atoms with Crippen LogP contribution in [0.25, 0.3) is 0 Å². The lowest BCUT2D eigenvalue weighted by atomic mass is 9.68. The van der Waals surface area contributed by atoms with E-state index in [9.17, 15) is 0 Å². The number of methoxy groups -OCH3 is 1. The van der Waals surface area contributed by atoms with E-state index in [1.807, 2.05) is 0 Å². The van der Waals surface area contributed by atoms with Crippen LogP contribution in [0.1, 0.15) is 31.0 Å². The topological polar surface area (TPSA) is 34.2 Å². The first kappa shape index (κ1) is 10.1. The third-order valence-corrected chi connectivity index (χ3v) is 4.06. The van der Waals surface area contributed by atoms with Crippen molar-refractivity contribution in [2.75, 3.05) is 13.7 Å². The van der Waals surface area contributed by atoms with Crippen molar-refractivity contribution < 1.29 is 4.74 Å². The molecule has 2 bridgehead atoms. The zero-order valence-corrected chi connectivity index (χ0v) is 9.92.